The minimum Gasteiger partial charge on any atom is -0.507 e. The summed E-state index contributed by atoms with van der Waals surface area (Å²) in [5.74, 6) is -0.353. The number of aromatic hydroxyl groups is 1. The SMILES string of the molecule is O=C(N/N=C\c1cc(Br)ccc1O)c1ccn(Cc2cccc(Br)c2)n1. The highest BCUT2D eigenvalue weighted by molar-refractivity contribution is 9.10. The molecule has 2 aromatic carbocycles. The van der Waals surface area contributed by atoms with Crippen molar-refractivity contribution in [3.63, 3.8) is 0 Å². The van der Waals surface area contributed by atoms with Crippen molar-refractivity contribution >= 4 is 44.0 Å². The Kier molecular flexibility index (Phi) is 5.85. The maximum Gasteiger partial charge on any atom is 0.291 e. The molecule has 0 fully saturated rings. The van der Waals surface area contributed by atoms with Crippen LogP contribution in [-0.4, -0.2) is 27.0 Å². The van der Waals surface area contributed by atoms with E-state index in [0.717, 1.165) is 14.5 Å². The van der Waals surface area contributed by atoms with E-state index >= 15 is 0 Å². The second kappa shape index (κ2) is 8.29. The molecule has 0 atom stereocenters. The number of rotatable bonds is 5. The van der Waals surface area contributed by atoms with Gasteiger partial charge in [-0.2, -0.15) is 10.2 Å². The lowest BCUT2D eigenvalue weighted by Gasteiger charge is -2.02. The monoisotopic (exact) mass is 476 g/mol. The van der Waals surface area contributed by atoms with E-state index in [1.807, 2.05) is 24.3 Å². The third-order valence-corrected chi connectivity index (χ3v) is 4.45. The number of phenolic OH excluding ortho intramolecular Hbond substituents is 1. The Morgan fingerprint density at radius 1 is 1.19 bits per heavy atom. The van der Waals surface area contributed by atoms with E-state index in [0.29, 0.717) is 12.1 Å². The number of phenols is 1. The fourth-order valence-corrected chi connectivity index (χ4v) is 3.07. The molecule has 1 amide bonds. The Balaban J connectivity index is 1.63. The molecule has 0 saturated heterocycles. The summed E-state index contributed by atoms with van der Waals surface area (Å²) >= 11 is 6.74. The van der Waals surface area contributed by atoms with Crippen LogP contribution in [0.3, 0.4) is 0 Å². The Morgan fingerprint density at radius 3 is 2.81 bits per heavy atom. The van der Waals surface area contributed by atoms with Crippen molar-refractivity contribution in [3.05, 3.63) is 80.5 Å². The highest BCUT2D eigenvalue weighted by Crippen LogP contribution is 2.20. The molecule has 0 unspecified atom stereocenters. The maximum atomic E-state index is 12.1. The van der Waals surface area contributed by atoms with E-state index < -0.39 is 5.91 Å². The summed E-state index contributed by atoms with van der Waals surface area (Å²) in [5, 5.41) is 17.9. The smallest absolute Gasteiger partial charge is 0.291 e. The zero-order valence-corrected chi connectivity index (χ0v) is 16.6. The molecular weight excluding hydrogens is 464 g/mol. The van der Waals surface area contributed by atoms with E-state index in [1.165, 1.54) is 12.3 Å². The van der Waals surface area contributed by atoms with E-state index in [9.17, 15) is 9.90 Å². The number of aromatic nitrogens is 2. The average molecular weight is 478 g/mol. The number of hydrogen-bond acceptors (Lipinski definition) is 4. The first-order valence-corrected chi connectivity index (χ1v) is 9.20. The minimum atomic E-state index is -0.427. The number of hydrazone groups is 1. The molecule has 0 spiro atoms. The van der Waals surface area contributed by atoms with Crippen molar-refractivity contribution in [2.75, 3.05) is 0 Å². The van der Waals surface area contributed by atoms with Gasteiger partial charge in [-0.25, -0.2) is 5.43 Å². The summed E-state index contributed by atoms with van der Waals surface area (Å²) < 4.78 is 3.47. The fraction of sp³-hybridized carbons (Fsp3) is 0.0556. The van der Waals surface area contributed by atoms with Crippen LogP contribution in [0.15, 0.2) is 68.8 Å². The number of benzene rings is 2. The van der Waals surface area contributed by atoms with Crippen molar-refractivity contribution in [3.8, 4) is 5.75 Å². The summed E-state index contributed by atoms with van der Waals surface area (Å²) in [5.41, 5.74) is 4.21. The van der Waals surface area contributed by atoms with Crippen LogP contribution < -0.4 is 5.43 Å². The largest absolute Gasteiger partial charge is 0.507 e. The van der Waals surface area contributed by atoms with Crippen LogP contribution in [0.4, 0.5) is 0 Å². The van der Waals surface area contributed by atoms with Crippen molar-refractivity contribution in [2.45, 2.75) is 6.54 Å². The topological polar surface area (TPSA) is 79.5 Å². The predicted octanol–water partition coefficient (Wildman–Crippen LogP) is 3.93. The Labute approximate surface area is 166 Å². The Bertz CT molecular complexity index is 969. The zero-order valence-electron chi connectivity index (χ0n) is 13.4. The van der Waals surface area contributed by atoms with Gasteiger partial charge in [0.05, 0.1) is 12.8 Å². The quantitative estimate of drug-likeness (QED) is 0.431. The van der Waals surface area contributed by atoms with Crippen molar-refractivity contribution < 1.29 is 9.90 Å². The zero-order chi connectivity index (χ0) is 18.5. The first-order valence-electron chi connectivity index (χ1n) is 7.61. The van der Waals surface area contributed by atoms with Crippen LogP contribution in [0.1, 0.15) is 21.6 Å². The molecule has 8 heteroatoms. The van der Waals surface area contributed by atoms with Crippen molar-refractivity contribution in [1.82, 2.24) is 15.2 Å². The molecular formula is C18H14Br2N4O2. The summed E-state index contributed by atoms with van der Waals surface area (Å²) in [6, 6.07) is 14.4. The molecule has 132 valence electrons. The van der Waals surface area contributed by atoms with Gasteiger partial charge in [-0.15, -0.1) is 0 Å². The molecule has 6 nitrogen and oxygen atoms in total. The predicted molar refractivity (Wildman–Crippen MR) is 106 cm³/mol. The minimum absolute atomic E-state index is 0.0736. The highest BCUT2D eigenvalue weighted by Gasteiger charge is 2.09. The third-order valence-electron chi connectivity index (χ3n) is 3.47. The second-order valence-corrected chi connectivity index (χ2v) is 7.26. The number of nitrogens with one attached hydrogen (secondary N) is 1. The lowest BCUT2D eigenvalue weighted by molar-refractivity contribution is 0.0949. The summed E-state index contributed by atoms with van der Waals surface area (Å²) in [6.07, 6.45) is 3.11. The van der Waals surface area contributed by atoms with E-state index in [1.54, 1.807) is 29.1 Å². The molecule has 1 aromatic heterocycles. The molecule has 1 heterocycles. The van der Waals surface area contributed by atoms with Crippen LogP contribution in [-0.2, 0) is 6.54 Å². The molecule has 26 heavy (non-hydrogen) atoms. The normalized spacial score (nSPS) is 11.0. The van der Waals surface area contributed by atoms with Crippen molar-refractivity contribution in [1.29, 1.82) is 0 Å². The average Bonchev–Trinajstić information content (AvgIpc) is 3.06. The van der Waals surface area contributed by atoms with E-state index in [-0.39, 0.29) is 11.4 Å². The van der Waals surface area contributed by atoms with Gasteiger partial charge in [0.15, 0.2) is 5.69 Å². The molecule has 2 N–H and O–H groups in total. The van der Waals surface area contributed by atoms with Gasteiger partial charge < -0.3 is 5.11 Å². The standard InChI is InChI=1S/C18H14Br2N4O2/c19-14-3-1-2-12(8-14)11-24-7-6-16(23-24)18(26)22-21-10-13-9-15(20)4-5-17(13)25/h1-10,25H,11H2,(H,22,26)/b21-10-. The lowest BCUT2D eigenvalue weighted by atomic mass is 10.2. The lowest BCUT2D eigenvalue weighted by Crippen LogP contribution is -2.18. The van der Waals surface area contributed by atoms with Gasteiger partial charge in [0.1, 0.15) is 5.75 Å². The van der Waals surface area contributed by atoms with Crippen LogP contribution >= 0.6 is 31.9 Å². The molecule has 3 aromatic rings. The number of hydrogen-bond donors (Lipinski definition) is 2. The molecule has 0 bridgehead atoms. The molecule has 0 aliphatic rings. The maximum absolute atomic E-state index is 12.1. The summed E-state index contributed by atoms with van der Waals surface area (Å²) in [4.78, 5) is 12.1. The number of carbonyl (C=O) groups excluding carboxylic acids is 1. The Hall–Kier alpha value is -2.45. The van der Waals surface area contributed by atoms with Gasteiger partial charge in [-0.3, -0.25) is 9.48 Å². The van der Waals surface area contributed by atoms with Crippen LogP contribution in [0.2, 0.25) is 0 Å². The number of nitrogens with zero attached hydrogens (tertiary/aromatic N) is 3. The van der Waals surface area contributed by atoms with Gasteiger partial charge in [0, 0.05) is 20.7 Å². The summed E-state index contributed by atoms with van der Waals surface area (Å²) in [6.45, 7) is 0.557. The first kappa shape index (κ1) is 18.3. The highest BCUT2D eigenvalue weighted by atomic mass is 79.9. The van der Waals surface area contributed by atoms with Gasteiger partial charge in [-0.05, 0) is 42.0 Å². The van der Waals surface area contributed by atoms with Crippen LogP contribution in [0, 0.1) is 0 Å². The Morgan fingerprint density at radius 2 is 2.00 bits per heavy atom. The number of carbonyl (C=O) groups is 1. The number of amides is 1. The van der Waals surface area contributed by atoms with Crippen LogP contribution in [0.5, 0.6) is 5.75 Å². The third kappa shape index (κ3) is 4.80. The molecule has 0 radical (unpaired) electrons. The number of halogens is 2. The van der Waals surface area contributed by atoms with Gasteiger partial charge in [0.25, 0.3) is 5.91 Å². The van der Waals surface area contributed by atoms with Crippen LogP contribution in [0.25, 0.3) is 0 Å². The van der Waals surface area contributed by atoms with E-state index in [2.05, 4.69) is 47.5 Å². The molecule has 0 aliphatic carbocycles. The molecule has 0 aliphatic heterocycles. The first-order chi connectivity index (χ1) is 12.5. The molecule has 3 rings (SSSR count). The second-order valence-electron chi connectivity index (χ2n) is 5.43. The van der Waals surface area contributed by atoms with Crippen molar-refractivity contribution in [2.24, 2.45) is 5.10 Å². The van der Waals surface area contributed by atoms with Gasteiger partial charge in [0.2, 0.25) is 0 Å². The van der Waals surface area contributed by atoms with Gasteiger partial charge in [-0.1, -0.05) is 44.0 Å². The summed E-state index contributed by atoms with van der Waals surface area (Å²) in [7, 11) is 0. The molecule has 0 saturated carbocycles. The fourth-order valence-electron chi connectivity index (χ4n) is 2.24. The van der Waals surface area contributed by atoms with Gasteiger partial charge >= 0.3 is 0 Å². The van der Waals surface area contributed by atoms with E-state index in [4.69, 9.17) is 0 Å².